The van der Waals surface area contributed by atoms with Gasteiger partial charge in [-0.25, -0.2) is 0 Å². The number of nitrogens with zero attached hydrogens (tertiary/aromatic N) is 3. The number of hydrogen-bond acceptors (Lipinski definition) is 5. The average Bonchev–Trinajstić information content (AvgIpc) is 2.69. The quantitative estimate of drug-likeness (QED) is 0.655. The van der Waals surface area contributed by atoms with Gasteiger partial charge in [-0.2, -0.15) is 8.75 Å². The number of amides is 2. The van der Waals surface area contributed by atoms with Crippen LogP contribution in [0.5, 0.6) is 0 Å². The molecule has 2 heterocycles. The summed E-state index contributed by atoms with van der Waals surface area (Å²) in [6.07, 6.45) is 1.42. The van der Waals surface area contributed by atoms with Crippen molar-refractivity contribution in [1.82, 2.24) is 19.0 Å². The summed E-state index contributed by atoms with van der Waals surface area (Å²) in [7, 11) is 0. The number of rotatable bonds is 1. The second kappa shape index (κ2) is 3.70. The molecule has 0 saturated carbocycles. The molecule has 0 spiro atoms. The van der Waals surface area contributed by atoms with Gasteiger partial charge in [0.2, 0.25) is 5.91 Å². The Bertz CT molecular complexity index is 351. The Morgan fingerprint density at radius 1 is 1.64 bits per heavy atom. The van der Waals surface area contributed by atoms with Gasteiger partial charge >= 0.3 is 0 Å². The predicted octanol–water partition coefficient (Wildman–Crippen LogP) is -0.890. The van der Waals surface area contributed by atoms with E-state index in [1.165, 1.54) is 11.1 Å². The maximum Gasteiger partial charge on any atom is 0.275 e. The van der Waals surface area contributed by atoms with Crippen LogP contribution in [0.15, 0.2) is 6.20 Å². The maximum atomic E-state index is 11.7. The normalized spacial score (nSPS) is 16.6. The molecule has 1 aliphatic heterocycles. The van der Waals surface area contributed by atoms with Gasteiger partial charge in [0.05, 0.1) is 24.5 Å². The van der Waals surface area contributed by atoms with Crippen LogP contribution in [0.3, 0.4) is 0 Å². The SMILES string of the molecule is O=C1CN(C(=O)c2cnsn2)CCN1. The molecule has 6 nitrogen and oxygen atoms in total. The van der Waals surface area contributed by atoms with Crippen molar-refractivity contribution < 1.29 is 9.59 Å². The number of carbonyl (C=O) groups excluding carboxylic acids is 2. The molecule has 2 amide bonds. The zero-order chi connectivity index (χ0) is 9.97. The fourth-order valence-electron chi connectivity index (χ4n) is 1.23. The predicted molar refractivity (Wildman–Crippen MR) is 48.8 cm³/mol. The van der Waals surface area contributed by atoms with Crippen LogP contribution in [0.4, 0.5) is 0 Å². The third-order valence-corrected chi connectivity index (χ3v) is 2.38. The van der Waals surface area contributed by atoms with Crippen LogP contribution in [0.2, 0.25) is 0 Å². The molecule has 7 heteroatoms. The van der Waals surface area contributed by atoms with Gasteiger partial charge in [0.15, 0.2) is 5.69 Å². The summed E-state index contributed by atoms with van der Waals surface area (Å²) in [6.45, 7) is 1.14. The monoisotopic (exact) mass is 212 g/mol. The lowest BCUT2D eigenvalue weighted by molar-refractivity contribution is -0.123. The van der Waals surface area contributed by atoms with Crippen molar-refractivity contribution in [3.63, 3.8) is 0 Å². The Labute approximate surface area is 84.2 Å². The first kappa shape index (κ1) is 9.07. The second-order valence-electron chi connectivity index (χ2n) is 2.87. The number of hydrogen-bond donors (Lipinski definition) is 1. The highest BCUT2D eigenvalue weighted by molar-refractivity contribution is 6.99. The smallest absolute Gasteiger partial charge is 0.275 e. The van der Waals surface area contributed by atoms with Gasteiger partial charge in [0.1, 0.15) is 0 Å². The van der Waals surface area contributed by atoms with Crippen LogP contribution in [-0.2, 0) is 4.79 Å². The van der Waals surface area contributed by atoms with Crippen molar-refractivity contribution in [3.8, 4) is 0 Å². The van der Waals surface area contributed by atoms with Gasteiger partial charge in [-0.15, -0.1) is 0 Å². The first-order valence-electron chi connectivity index (χ1n) is 4.11. The van der Waals surface area contributed by atoms with Gasteiger partial charge in [0, 0.05) is 13.1 Å². The van der Waals surface area contributed by atoms with E-state index >= 15 is 0 Å². The Morgan fingerprint density at radius 2 is 2.50 bits per heavy atom. The minimum atomic E-state index is -0.228. The van der Waals surface area contributed by atoms with Gasteiger partial charge in [-0.05, 0) is 0 Å². The second-order valence-corrected chi connectivity index (χ2v) is 3.43. The van der Waals surface area contributed by atoms with Crippen LogP contribution < -0.4 is 5.32 Å². The minimum Gasteiger partial charge on any atom is -0.353 e. The van der Waals surface area contributed by atoms with Gasteiger partial charge in [0.25, 0.3) is 5.91 Å². The molecule has 1 saturated heterocycles. The maximum absolute atomic E-state index is 11.7. The number of piperazine rings is 1. The molecule has 0 bridgehead atoms. The molecule has 1 aromatic heterocycles. The molecule has 0 atom stereocenters. The minimum absolute atomic E-state index is 0.107. The fraction of sp³-hybridized carbons (Fsp3) is 0.429. The molecule has 1 aliphatic rings. The summed E-state index contributed by atoms with van der Waals surface area (Å²) >= 11 is 0.985. The average molecular weight is 212 g/mol. The number of carbonyl (C=O) groups is 2. The third kappa shape index (κ3) is 1.72. The number of nitrogens with one attached hydrogen (secondary N) is 1. The molecular formula is C7H8N4O2S. The van der Waals surface area contributed by atoms with E-state index in [1.807, 2.05) is 0 Å². The lowest BCUT2D eigenvalue weighted by Crippen LogP contribution is -2.50. The summed E-state index contributed by atoms with van der Waals surface area (Å²) in [4.78, 5) is 24.1. The molecule has 1 aromatic rings. The lowest BCUT2D eigenvalue weighted by atomic mass is 10.3. The van der Waals surface area contributed by atoms with Crippen molar-refractivity contribution in [2.75, 3.05) is 19.6 Å². The lowest BCUT2D eigenvalue weighted by Gasteiger charge is -2.25. The Morgan fingerprint density at radius 3 is 3.14 bits per heavy atom. The largest absolute Gasteiger partial charge is 0.353 e. The molecule has 0 radical (unpaired) electrons. The highest BCUT2D eigenvalue weighted by Crippen LogP contribution is 2.03. The molecule has 2 rings (SSSR count). The van der Waals surface area contributed by atoms with Crippen molar-refractivity contribution >= 4 is 23.5 Å². The summed E-state index contributed by atoms with van der Waals surface area (Å²) in [5, 5.41) is 2.65. The zero-order valence-corrected chi connectivity index (χ0v) is 8.08. The van der Waals surface area contributed by atoms with E-state index in [0.29, 0.717) is 18.8 Å². The van der Waals surface area contributed by atoms with Crippen molar-refractivity contribution in [3.05, 3.63) is 11.9 Å². The van der Waals surface area contributed by atoms with Crippen LogP contribution >= 0.6 is 11.7 Å². The molecule has 0 aromatic carbocycles. The van der Waals surface area contributed by atoms with Crippen LogP contribution in [0.25, 0.3) is 0 Å². The molecule has 14 heavy (non-hydrogen) atoms. The molecular weight excluding hydrogens is 204 g/mol. The highest BCUT2D eigenvalue weighted by Gasteiger charge is 2.23. The van der Waals surface area contributed by atoms with E-state index < -0.39 is 0 Å². The summed E-state index contributed by atoms with van der Waals surface area (Å²) in [6, 6.07) is 0. The Hall–Kier alpha value is -1.50. The first-order valence-corrected chi connectivity index (χ1v) is 4.84. The van der Waals surface area contributed by atoms with E-state index in [9.17, 15) is 9.59 Å². The Kier molecular flexibility index (Phi) is 2.40. The molecule has 0 aliphatic carbocycles. The van der Waals surface area contributed by atoms with E-state index in [2.05, 4.69) is 14.1 Å². The van der Waals surface area contributed by atoms with Crippen LogP contribution in [-0.4, -0.2) is 45.1 Å². The zero-order valence-electron chi connectivity index (χ0n) is 7.27. The van der Waals surface area contributed by atoms with E-state index in [4.69, 9.17) is 0 Å². The molecule has 74 valence electrons. The summed E-state index contributed by atoms with van der Waals surface area (Å²) in [5.74, 6) is -0.360. The summed E-state index contributed by atoms with van der Waals surface area (Å²) < 4.78 is 7.56. The summed E-state index contributed by atoms with van der Waals surface area (Å²) in [5.41, 5.74) is 0.310. The molecule has 0 unspecified atom stereocenters. The van der Waals surface area contributed by atoms with E-state index in [-0.39, 0.29) is 18.4 Å². The van der Waals surface area contributed by atoms with Crippen molar-refractivity contribution in [1.29, 1.82) is 0 Å². The molecule has 1 fully saturated rings. The standard InChI is InChI=1S/C7H8N4O2S/c12-6-4-11(2-1-8-6)7(13)5-3-9-14-10-5/h3H,1-2,4H2,(H,8,12). The van der Waals surface area contributed by atoms with E-state index in [0.717, 1.165) is 11.7 Å². The third-order valence-electron chi connectivity index (χ3n) is 1.91. The van der Waals surface area contributed by atoms with E-state index in [1.54, 1.807) is 0 Å². The van der Waals surface area contributed by atoms with Gasteiger partial charge in [-0.3, -0.25) is 9.59 Å². The van der Waals surface area contributed by atoms with Gasteiger partial charge < -0.3 is 10.2 Å². The fourth-order valence-corrected chi connectivity index (χ4v) is 1.64. The highest BCUT2D eigenvalue weighted by atomic mass is 32.1. The topological polar surface area (TPSA) is 75.2 Å². The van der Waals surface area contributed by atoms with Gasteiger partial charge in [-0.1, -0.05) is 0 Å². The number of aromatic nitrogens is 2. The first-order chi connectivity index (χ1) is 6.77. The molecule has 1 N–H and O–H groups in total. The van der Waals surface area contributed by atoms with Crippen LogP contribution in [0, 0.1) is 0 Å². The van der Waals surface area contributed by atoms with Crippen molar-refractivity contribution in [2.45, 2.75) is 0 Å². The Balaban J connectivity index is 2.08. The van der Waals surface area contributed by atoms with Crippen molar-refractivity contribution in [2.24, 2.45) is 0 Å². The van der Waals surface area contributed by atoms with Crippen LogP contribution in [0.1, 0.15) is 10.5 Å².